The van der Waals surface area contributed by atoms with Crippen molar-refractivity contribution < 1.29 is 14.2 Å². The Morgan fingerprint density at radius 1 is 1.00 bits per heavy atom. The summed E-state index contributed by atoms with van der Waals surface area (Å²) in [6, 6.07) is 17.7. The summed E-state index contributed by atoms with van der Waals surface area (Å²) >= 11 is 0. The SMILES string of the molecule is O=c1c2cnn(-c3cccc(OCc4ccncc4)c3)c2ncn1CC1(O)CCN(Cc2ccc(F)cc2)CC1. The Bertz CT molecular complexity index is 1660. The Balaban J connectivity index is 1.14. The molecule has 5 aromatic rings. The molecule has 0 spiro atoms. The number of likely N-dealkylation sites (tertiary alicyclic amines) is 1. The van der Waals surface area contributed by atoms with Crippen LogP contribution in [0.25, 0.3) is 16.7 Å². The summed E-state index contributed by atoms with van der Waals surface area (Å²) in [5.74, 6) is 0.414. The van der Waals surface area contributed by atoms with Gasteiger partial charge in [-0.15, -0.1) is 0 Å². The van der Waals surface area contributed by atoms with Crippen molar-refractivity contribution in [3.8, 4) is 11.4 Å². The zero-order valence-electron chi connectivity index (χ0n) is 21.9. The van der Waals surface area contributed by atoms with Gasteiger partial charge in [-0.2, -0.15) is 5.10 Å². The molecule has 1 aliphatic rings. The molecule has 1 fully saturated rings. The molecule has 3 aromatic heterocycles. The number of benzene rings is 2. The first-order valence-electron chi connectivity index (χ1n) is 13.2. The normalized spacial score (nSPS) is 15.3. The summed E-state index contributed by atoms with van der Waals surface area (Å²) in [7, 11) is 0. The van der Waals surface area contributed by atoms with Crippen LogP contribution in [-0.2, 0) is 19.7 Å². The first kappa shape index (κ1) is 25.8. The van der Waals surface area contributed by atoms with Gasteiger partial charge in [0.25, 0.3) is 5.56 Å². The fourth-order valence-electron chi connectivity index (χ4n) is 5.05. The molecule has 0 radical (unpaired) electrons. The van der Waals surface area contributed by atoms with Crippen molar-refractivity contribution in [3.05, 3.63) is 113 Å². The number of halogens is 1. The lowest BCUT2D eigenvalue weighted by Gasteiger charge is -2.38. The third kappa shape index (κ3) is 5.63. The minimum atomic E-state index is -1.02. The fraction of sp³-hybridized carbons (Fsp3) is 0.267. The van der Waals surface area contributed by atoms with E-state index in [1.165, 1.54) is 29.2 Å². The Morgan fingerprint density at radius 3 is 2.55 bits per heavy atom. The number of piperidine rings is 1. The second-order valence-corrected chi connectivity index (χ2v) is 10.2. The van der Waals surface area contributed by atoms with Crippen LogP contribution in [0.1, 0.15) is 24.0 Å². The summed E-state index contributed by atoms with van der Waals surface area (Å²) in [5, 5.41) is 16.1. The lowest BCUT2D eigenvalue weighted by Crippen LogP contribution is -2.47. The van der Waals surface area contributed by atoms with E-state index < -0.39 is 5.60 Å². The van der Waals surface area contributed by atoms with Crippen LogP contribution in [0.15, 0.2) is 90.4 Å². The zero-order chi connectivity index (χ0) is 27.5. The summed E-state index contributed by atoms with van der Waals surface area (Å²) in [5.41, 5.74) is 1.93. The van der Waals surface area contributed by atoms with E-state index in [4.69, 9.17) is 4.74 Å². The Kier molecular flexibility index (Phi) is 7.10. The van der Waals surface area contributed by atoms with Crippen LogP contribution in [-0.4, -0.2) is 53.0 Å². The van der Waals surface area contributed by atoms with Crippen LogP contribution in [0.4, 0.5) is 4.39 Å². The van der Waals surface area contributed by atoms with E-state index in [-0.39, 0.29) is 17.9 Å². The van der Waals surface area contributed by atoms with E-state index in [0.29, 0.717) is 55.9 Å². The molecule has 0 aliphatic carbocycles. The van der Waals surface area contributed by atoms with Crippen LogP contribution in [0.3, 0.4) is 0 Å². The Hall–Kier alpha value is -4.41. The summed E-state index contributed by atoms with van der Waals surface area (Å²) in [4.78, 5) is 24.1. The molecular weight excluding hydrogens is 511 g/mol. The van der Waals surface area contributed by atoms with E-state index >= 15 is 0 Å². The number of aromatic nitrogens is 5. The number of aliphatic hydroxyl groups is 1. The van der Waals surface area contributed by atoms with Crippen molar-refractivity contribution in [2.45, 2.75) is 38.1 Å². The van der Waals surface area contributed by atoms with Crippen LogP contribution in [0.5, 0.6) is 5.75 Å². The molecule has 1 N–H and O–H groups in total. The second-order valence-electron chi connectivity index (χ2n) is 10.2. The highest BCUT2D eigenvalue weighted by Gasteiger charge is 2.33. The first-order chi connectivity index (χ1) is 19.5. The summed E-state index contributed by atoms with van der Waals surface area (Å²) in [6.07, 6.45) is 7.48. The van der Waals surface area contributed by atoms with Gasteiger partial charge in [-0.05, 0) is 60.4 Å². The molecule has 9 nitrogen and oxygen atoms in total. The molecule has 0 bridgehead atoms. The van der Waals surface area contributed by atoms with Crippen molar-refractivity contribution in [2.75, 3.05) is 13.1 Å². The highest BCUT2D eigenvalue weighted by atomic mass is 19.1. The molecule has 10 heteroatoms. The molecule has 204 valence electrons. The molecule has 0 unspecified atom stereocenters. The molecule has 4 heterocycles. The molecule has 40 heavy (non-hydrogen) atoms. The lowest BCUT2D eigenvalue weighted by atomic mass is 9.91. The fourth-order valence-corrected chi connectivity index (χ4v) is 5.05. The molecule has 1 aliphatic heterocycles. The third-order valence-electron chi connectivity index (χ3n) is 7.34. The number of fused-ring (bicyclic) bond motifs is 1. The maximum absolute atomic E-state index is 13.3. The second kappa shape index (κ2) is 11.0. The third-order valence-corrected chi connectivity index (χ3v) is 7.34. The molecule has 0 atom stereocenters. The van der Waals surface area contributed by atoms with Crippen LogP contribution in [0.2, 0.25) is 0 Å². The smallest absolute Gasteiger partial charge is 0.264 e. The van der Waals surface area contributed by atoms with Gasteiger partial charge < -0.3 is 9.84 Å². The Labute approximate surface area is 230 Å². The maximum atomic E-state index is 13.3. The zero-order valence-corrected chi connectivity index (χ0v) is 21.9. The van der Waals surface area contributed by atoms with E-state index in [0.717, 1.165) is 16.8 Å². The topological polar surface area (TPSA) is 98.3 Å². The molecule has 1 saturated heterocycles. The molecule has 6 rings (SSSR count). The maximum Gasteiger partial charge on any atom is 0.264 e. The van der Waals surface area contributed by atoms with Gasteiger partial charge in [0.05, 0.1) is 24.0 Å². The van der Waals surface area contributed by atoms with E-state index in [2.05, 4.69) is 20.0 Å². The van der Waals surface area contributed by atoms with Gasteiger partial charge in [0.2, 0.25) is 0 Å². The monoisotopic (exact) mass is 540 g/mol. The van der Waals surface area contributed by atoms with Crippen molar-refractivity contribution in [3.63, 3.8) is 0 Å². The molecule has 0 amide bonds. The van der Waals surface area contributed by atoms with E-state index in [1.807, 2.05) is 36.4 Å². The average molecular weight is 541 g/mol. The number of hydrogen-bond donors (Lipinski definition) is 1. The van der Waals surface area contributed by atoms with Crippen LogP contribution < -0.4 is 10.3 Å². The first-order valence-corrected chi connectivity index (χ1v) is 13.2. The number of ether oxygens (including phenoxy) is 1. The van der Waals surface area contributed by atoms with Gasteiger partial charge in [0.15, 0.2) is 5.65 Å². The van der Waals surface area contributed by atoms with Gasteiger partial charge in [0.1, 0.15) is 29.9 Å². The molecule has 2 aromatic carbocycles. The molecule has 0 saturated carbocycles. The van der Waals surface area contributed by atoms with Crippen molar-refractivity contribution in [2.24, 2.45) is 0 Å². The predicted octanol–water partition coefficient (Wildman–Crippen LogP) is 3.72. The predicted molar refractivity (Wildman–Crippen MR) is 148 cm³/mol. The highest BCUT2D eigenvalue weighted by Crippen LogP contribution is 2.26. The van der Waals surface area contributed by atoms with Crippen molar-refractivity contribution in [1.29, 1.82) is 0 Å². The van der Waals surface area contributed by atoms with Crippen LogP contribution >= 0.6 is 0 Å². The number of rotatable bonds is 8. The van der Waals surface area contributed by atoms with E-state index in [1.54, 1.807) is 29.2 Å². The standard InChI is InChI=1S/C30H29FN6O3/c31-24-6-4-22(5-7-24)18-35-14-10-30(39,11-15-35)20-36-21-33-28-27(29(36)38)17-34-37(28)25-2-1-3-26(16-25)40-19-23-8-12-32-13-9-23/h1-9,12-13,16-17,21,39H,10-11,14-15,18-20H2. The van der Waals surface area contributed by atoms with E-state index in [9.17, 15) is 14.3 Å². The van der Waals surface area contributed by atoms with Gasteiger partial charge >= 0.3 is 0 Å². The van der Waals surface area contributed by atoms with Gasteiger partial charge in [-0.1, -0.05) is 18.2 Å². The lowest BCUT2D eigenvalue weighted by molar-refractivity contribution is -0.0364. The minimum absolute atomic E-state index is 0.155. The number of pyridine rings is 1. The quantitative estimate of drug-likeness (QED) is 0.320. The van der Waals surface area contributed by atoms with Crippen molar-refractivity contribution in [1.82, 2.24) is 29.2 Å². The minimum Gasteiger partial charge on any atom is -0.489 e. The van der Waals surface area contributed by atoms with Crippen molar-refractivity contribution >= 4 is 11.0 Å². The van der Waals surface area contributed by atoms with Crippen LogP contribution in [0, 0.1) is 5.82 Å². The average Bonchev–Trinajstić information content (AvgIpc) is 3.42. The van der Waals surface area contributed by atoms with Gasteiger partial charge in [-0.25, -0.2) is 14.1 Å². The Morgan fingerprint density at radius 2 is 1.77 bits per heavy atom. The largest absolute Gasteiger partial charge is 0.489 e. The van der Waals surface area contributed by atoms with Gasteiger partial charge in [-0.3, -0.25) is 19.2 Å². The highest BCUT2D eigenvalue weighted by molar-refractivity contribution is 5.75. The molecular formula is C30H29FN6O3. The number of hydrogen-bond acceptors (Lipinski definition) is 7. The number of nitrogens with zero attached hydrogens (tertiary/aromatic N) is 6. The van der Waals surface area contributed by atoms with Gasteiger partial charge in [0, 0.05) is 38.1 Å². The summed E-state index contributed by atoms with van der Waals surface area (Å²) < 4.78 is 22.2. The summed E-state index contributed by atoms with van der Waals surface area (Å²) in [6.45, 7) is 2.61.